The van der Waals surface area contributed by atoms with Crippen molar-refractivity contribution in [2.45, 2.75) is 24.8 Å². The first-order valence-corrected chi connectivity index (χ1v) is 7.55. The minimum Gasteiger partial charge on any atom is -0.496 e. The lowest BCUT2D eigenvalue weighted by Gasteiger charge is -2.11. The molecule has 0 spiro atoms. The second kappa shape index (κ2) is 5.06. The molecule has 100 valence electrons. The lowest BCUT2D eigenvalue weighted by atomic mass is 10.0. The van der Waals surface area contributed by atoms with Gasteiger partial charge in [0.25, 0.3) is 0 Å². The Bertz CT molecular complexity index is 594. The number of benzene rings is 1. The normalized spacial score (nSPS) is 18.8. The third-order valence-corrected chi connectivity index (χ3v) is 4.88. The van der Waals surface area contributed by atoms with Crippen LogP contribution in [0.2, 0.25) is 0 Å². The third kappa shape index (κ3) is 2.33. The van der Waals surface area contributed by atoms with Crippen LogP contribution >= 0.6 is 22.9 Å². The summed E-state index contributed by atoms with van der Waals surface area (Å²) in [6.45, 7) is 2.08. The Morgan fingerprint density at radius 2 is 2.26 bits per heavy atom. The molecule has 0 aliphatic carbocycles. The number of fused-ring (bicyclic) bond motifs is 1. The van der Waals surface area contributed by atoms with E-state index in [0.717, 1.165) is 28.4 Å². The minimum absolute atomic E-state index is 0.170. The van der Waals surface area contributed by atoms with Crippen molar-refractivity contribution >= 4 is 22.9 Å². The van der Waals surface area contributed by atoms with E-state index in [1.807, 2.05) is 23.6 Å². The van der Waals surface area contributed by atoms with Crippen LogP contribution in [0.3, 0.4) is 0 Å². The van der Waals surface area contributed by atoms with Gasteiger partial charge >= 0.3 is 0 Å². The molecule has 0 fully saturated rings. The van der Waals surface area contributed by atoms with Gasteiger partial charge in [-0.05, 0) is 35.6 Å². The summed E-state index contributed by atoms with van der Waals surface area (Å²) >= 11 is 8.21. The SMILES string of the molecule is COc1ccsc1C(Cl)c1ccc2c(c1)CC(C)O2. The van der Waals surface area contributed by atoms with E-state index in [1.54, 1.807) is 18.4 Å². The maximum absolute atomic E-state index is 6.58. The number of thiophene rings is 1. The Morgan fingerprint density at radius 3 is 3.05 bits per heavy atom. The summed E-state index contributed by atoms with van der Waals surface area (Å²) in [6.07, 6.45) is 1.21. The molecule has 0 bridgehead atoms. The van der Waals surface area contributed by atoms with Crippen LogP contribution in [0, 0.1) is 0 Å². The summed E-state index contributed by atoms with van der Waals surface area (Å²) in [5, 5.41) is 1.83. The Morgan fingerprint density at radius 1 is 1.42 bits per heavy atom. The minimum atomic E-state index is -0.170. The second-order valence-electron chi connectivity index (χ2n) is 4.72. The van der Waals surface area contributed by atoms with Crippen molar-refractivity contribution in [3.63, 3.8) is 0 Å². The number of hydrogen-bond acceptors (Lipinski definition) is 3. The fraction of sp³-hybridized carbons (Fsp3) is 0.333. The number of rotatable bonds is 3. The zero-order chi connectivity index (χ0) is 13.4. The molecule has 19 heavy (non-hydrogen) atoms. The highest BCUT2D eigenvalue weighted by atomic mass is 35.5. The highest BCUT2D eigenvalue weighted by molar-refractivity contribution is 7.10. The number of halogens is 1. The summed E-state index contributed by atoms with van der Waals surface area (Å²) in [5.41, 5.74) is 2.34. The zero-order valence-electron chi connectivity index (χ0n) is 10.9. The van der Waals surface area contributed by atoms with Crippen LogP contribution in [0.4, 0.5) is 0 Å². The lowest BCUT2D eigenvalue weighted by Crippen LogP contribution is -2.05. The molecular formula is C15H15ClO2S. The molecule has 0 saturated heterocycles. The van der Waals surface area contributed by atoms with Gasteiger partial charge in [0, 0.05) is 6.42 Å². The Kier molecular flexibility index (Phi) is 3.42. The average Bonchev–Trinajstić information content (AvgIpc) is 3.01. The van der Waals surface area contributed by atoms with E-state index in [1.165, 1.54) is 5.56 Å². The van der Waals surface area contributed by atoms with Crippen molar-refractivity contribution in [2.24, 2.45) is 0 Å². The molecule has 2 aromatic rings. The van der Waals surface area contributed by atoms with Crippen LogP contribution in [0.1, 0.15) is 28.3 Å². The smallest absolute Gasteiger partial charge is 0.134 e. The first-order chi connectivity index (χ1) is 9.19. The van der Waals surface area contributed by atoms with Crippen LogP contribution in [-0.2, 0) is 6.42 Å². The molecule has 2 unspecified atom stereocenters. The van der Waals surface area contributed by atoms with Crippen molar-refractivity contribution in [1.29, 1.82) is 0 Å². The summed E-state index contributed by atoms with van der Waals surface area (Å²) in [7, 11) is 1.67. The molecule has 1 aromatic heterocycles. The van der Waals surface area contributed by atoms with Gasteiger partial charge in [0.05, 0.1) is 17.4 Å². The number of ether oxygens (including phenoxy) is 2. The average molecular weight is 295 g/mol. The molecule has 0 saturated carbocycles. The van der Waals surface area contributed by atoms with Gasteiger partial charge in [-0.15, -0.1) is 22.9 Å². The predicted molar refractivity (Wildman–Crippen MR) is 78.8 cm³/mol. The molecule has 2 heterocycles. The van der Waals surface area contributed by atoms with E-state index in [-0.39, 0.29) is 11.5 Å². The van der Waals surface area contributed by atoms with E-state index in [2.05, 4.69) is 13.0 Å². The largest absolute Gasteiger partial charge is 0.496 e. The molecule has 2 atom stereocenters. The fourth-order valence-corrected chi connectivity index (χ4v) is 3.67. The van der Waals surface area contributed by atoms with Crippen molar-refractivity contribution in [3.05, 3.63) is 45.6 Å². The van der Waals surface area contributed by atoms with Crippen molar-refractivity contribution in [1.82, 2.24) is 0 Å². The van der Waals surface area contributed by atoms with E-state index in [0.29, 0.717) is 0 Å². The standard InChI is InChI=1S/C15H15ClO2S/c1-9-7-11-8-10(3-4-12(11)18-9)14(16)15-13(17-2)5-6-19-15/h3-6,8-9,14H,7H2,1-2H3. The number of methoxy groups -OCH3 is 1. The van der Waals surface area contributed by atoms with E-state index in [9.17, 15) is 0 Å². The van der Waals surface area contributed by atoms with Gasteiger partial charge in [0.15, 0.2) is 0 Å². The van der Waals surface area contributed by atoms with E-state index in [4.69, 9.17) is 21.1 Å². The maximum atomic E-state index is 6.58. The van der Waals surface area contributed by atoms with Crippen LogP contribution in [-0.4, -0.2) is 13.2 Å². The van der Waals surface area contributed by atoms with E-state index >= 15 is 0 Å². The zero-order valence-corrected chi connectivity index (χ0v) is 12.4. The summed E-state index contributed by atoms with van der Waals surface area (Å²) in [6, 6.07) is 8.15. The van der Waals surface area contributed by atoms with E-state index < -0.39 is 0 Å². The third-order valence-electron chi connectivity index (χ3n) is 3.32. The molecule has 1 aliphatic heterocycles. The first kappa shape index (κ1) is 12.8. The highest BCUT2D eigenvalue weighted by Crippen LogP contribution is 2.41. The molecule has 1 aromatic carbocycles. The van der Waals surface area contributed by atoms with Crippen LogP contribution in [0.15, 0.2) is 29.6 Å². The van der Waals surface area contributed by atoms with Gasteiger partial charge in [-0.3, -0.25) is 0 Å². The van der Waals surface area contributed by atoms with Crippen molar-refractivity contribution < 1.29 is 9.47 Å². The van der Waals surface area contributed by atoms with Gasteiger partial charge in [-0.25, -0.2) is 0 Å². The Balaban J connectivity index is 1.93. The summed E-state index contributed by atoms with van der Waals surface area (Å²) in [5.74, 6) is 1.84. The molecular weight excluding hydrogens is 280 g/mol. The van der Waals surface area contributed by atoms with Gasteiger partial charge in [-0.1, -0.05) is 12.1 Å². The summed E-state index contributed by atoms with van der Waals surface area (Å²) < 4.78 is 11.1. The van der Waals surface area contributed by atoms with Crippen molar-refractivity contribution in [3.8, 4) is 11.5 Å². The second-order valence-corrected chi connectivity index (χ2v) is 6.10. The fourth-order valence-electron chi connectivity index (χ4n) is 2.41. The molecule has 4 heteroatoms. The van der Waals surface area contributed by atoms with Gasteiger partial charge < -0.3 is 9.47 Å². The predicted octanol–water partition coefficient (Wildman–Crippen LogP) is 4.41. The monoisotopic (exact) mass is 294 g/mol. The number of hydrogen-bond donors (Lipinski definition) is 0. The lowest BCUT2D eigenvalue weighted by molar-refractivity contribution is 0.254. The van der Waals surface area contributed by atoms with Crippen LogP contribution in [0.25, 0.3) is 0 Å². The molecule has 2 nitrogen and oxygen atoms in total. The van der Waals surface area contributed by atoms with Crippen LogP contribution < -0.4 is 9.47 Å². The van der Waals surface area contributed by atoms with Crippen LogP contribution in [0.5, 0.6) is 11.5 Å². The molecule has 1 aliphatic rings. The Labute approximate surface area is 121 Å². The molecule has 0 N–H and O–H groups in total. The molecule has 0 radical (unpaired) electrons. The Hall–Kier alpha value is -1.19. The molecule has 3 rings (SSSR count). The highest BCUT2D eigenvalue weighted by Gasteiger charge is 2.22. The number of alkyl halides is 1. The van der Waals surface area contributed by atoms with Crippen molar-refractivity contribution in [2.75, 3.05) is 7.11 Å². The van der Waals surface area contributed by atoms with Gasteiger partial charge in [0.1, 0.15) is 17.6 Å². The quantitative estimate of drug-likeness (QED) is 0.781. The van der Waals surface area contributed by atoms with Gasteiger partial charge in [0.2, 0.25) is 0 Å². The first-order valence-electron chi connectivity index (χ1n) is 6.24. The molecule has 0 amide bonds. The summed E-state index contributed by atoms with van der Waals surface area (Å²) in [4.78, 5) is 1.05. The van der Waals surface area contributed by atoms with Gasteiger partial charge in [-0.2, -0.15) is 0 Å². The maximum Gasteiger partial charge on any atom is 0.134 e. The topological polar surface area (TPSA) is 18.5 Å².